The van der Waals surface area contributed by atoms with E-state index in [9.17, 15) is 0 Å². The summed E-state index contributed by atoms with van der Waals surface area (Å²) in [6, 6.07) is 5.93. The molecule has 0 bridgehead atoms. The molecule has 0 atom stereocenters. The zero-order chi connectivity index (χ0) is 16.4. The highest BCUT2D eigenvalue weighted by molar-refractivity contribution is 14.0. The summed E-state index contributed by atoms with van der Waals surface area (Å²) in [7, 11) is 1.79. The molecule has 136 valence electrons. The smallest absolute Gasteiger partial charge is 0.191 e. The lowest BCUT2D eigenvalue weighted by Crippen LogP contribution is -2.43. The van der Waals surface area contributed by atoms with E-state index in [4.69, 9.17) is 4.74 Å². The van der Waals surface area contributed by atoms with Crippen LogP contribution in [0, 0.1) is 5.41 Å². The number of hydrogen-bond acceptors (Lipinski definition) is 3. The summed E-state index contributed by atoms with van der Waals surface area (Å²) < 4.78 is 5.31. The summed E-state index contributed by atoms with van der Waals surface area (Å²) in [5, 5.41) is 6.87. The highest BCUT2D eigenvalue weighted by atomic mass is 127. The maximum atomic E-state index is 5.31. The highest BCUT2D eigenvalue weighted by Crippen LogP contribution is 2.40. The minimum absolute atomic E-state index is 0. The first-order valence-electron chi connectivity index (χ1n) is 8.69. The molecule has 24 heavy (non-hydrogen) atoms. The van der Waals surface area contributed by atoms with Crippen LogP contribution in [0.1, 0.15) is 44.7 Å². The van der Waals surface area contributed by atoms with Crippen molar-refractivity contribution in [1.29, 1.82) is 0 Å². The quantitative estimate of drug-likeness (QED) is 0.365. The van der Waals surface area contributed by atoms with Gasteiger partial charge in [0.25, 0.3) is 0 Å². The second kappa shape index (κ2) is 11.6. The molecule has 0 unspecified atom stereocenters. The van der Waals surface area contributed by atoms with E-state index in [2.05, 4.69) is 27.5 Å². The topological polar surface area (TPSA) is 58.5 Å². The number of methoxy groups -OCH3 is 1. The molecule has 2 N–H and O–H groups in total. The van der Waals surface area contributed by atoms with Crippen molar-refractivity contribution in [2.45, 2.75) is 45.6 Å². The maximum absolute atomic E-state index is 5.31. The van der Waals surface area contributed by atoms with Gasteiger partial charge in [0, 0.05) is 33.0 Å². The van der Waals surface area contributed by atoms with Crippen molar-refractivity contribution in [3.8, 4) is 0 Å². The molecule has 0 saturated heterocycles. The van der Waals surface area contributed by atoms with E-state index < -0.39 is 0 Å². The fourth-order valence-electron chi connectivity index (χ4n) is 3.22. The zero-order valence-electron chi connectivity index (χ0n) is 14.9. The van der Waals surface area contributed by atoms with E-state index in [1.807, 2.05) is 24.4 Å². The molecule has 0 radical (unpaired) electrons. The second-order valence-corrected chi connectivity index (χ2v) is 6.32. The first kappa shape index (κ1) is 21.2. The van der Waals surface area contributed by atoms with Gasteiger partial charge in [0.15, 0.2) is 5.96 Å². The molecule has 1 saturated carbocycles. The molecule has 1 fully saturated rings. The van der Waals surface area contributed by atoms with Crippen LogP contribution in [-0.2, 0) is 11.3 Å². The Morgan fingerprint density at radius 2 is 2.08 bits per heavy atom. The third-order valence-corrected chi connectivity index (χ3v) is 4.60. The van der Waals surface area contributed by atoms with Crippen LogP contribution in [0.15, 0.2) is 29.4 Å². The van der Waals surface area contributed by atoms with Crippen LogP contribution in [0.4, 0.5) is 0 Å². The predicted molar refractivity (Wildman–Crippen MR) is 110 cm³/mol. The van der Waals surface area contributed by atoms with Gasteiger partial charge in [-0.15, -0.1) is 24.0 Å². The number of rotatable bonds is 8. The van der Waals surface area contributed by atoms with Crippen molar-refractivity contribution < 1.29 is 4.74 Å². The van der Waals surface area contributed by atoms with Gasteiger partial charge in [-0.05, 0) is 43.7 Å². The molecule has 2 rings (SSSR count). The number of halogens is 1. The standard InChI is InChI=1S/C18H30N4O.HI/c1-3-19-17(21-14-16-8-4-7-12-20-16)22-15-18(11-13-23-2)9-5-6-10-18;/h4,7-8,12H,3,5-6,9-11,13-15H2,1-2H3,(H2,19,21,22);1H. The number of nitrogens with one attached hydrogen (secondary N) is 2. The maximum Gasteiger partial charge on any atom is 0.191 e. The third kappa shape index (κ3) is 6.93. The minimum Gasteiger partial charge on any atom is -0.385 e. The van der Waals surface area contributed by atoms with Crippen molar-refractivity contribution in [3.63, 3.8) is 0 Å². The van der Waals surface area contributed by atoms with Gasteiger partial charge < -0.3 is 15.4 Å². The summed E-state index contributed by atoms with van der Waals surface area (Å²) >= 11 is 0. The third-order valence-electron chi connectivity index (χ3n) is 4.60. The van der Waals surface area contributed by atoms with Gasteiger partial charge in [0.1, 0.15) is 0 Å². The van der Waals surface area contributed by atoms with E-state index in [1.54, 1.807) is 7.11 Å². The molecular weight excluding hydrogens is 415 g/mol. The Morgan fingerprint density at radius 3 is 2.71 bits per heavy atom. The average molecular weight is 446 g/mol. The molecule has 6 heteroatoms. The molecule has 0 spiro atoms. The van der Waals surface area contributed by atoms with Gasteiger partial charge in [-0.3, -0.25) is 4.98 Å². The van der Waals surface area contributed by atoms with Gasteiger partial charge in [0.05, 0.1) is 12.2 Å². The Hall–Kier alpha value is -0.890. The minimum atomic E-state index is 0. The Bertz CT molecular complexity index is 475. The molecule has 1 heterocycles. The van der Waals surface area contributed by atoms with E-state index >= 15 is 0 Å². The number of guanidine groups is 1. The Kier molecular flexibility index (Phi) is 10.2. The molecule has 1 aliphatic rings. The largest absolute Gasteiger partial charge is 0.385 e. The molecule has 0 aromatic carbocycles. The first-order chi connectivity index (χ1) is 11.3. The summed E-state index contributed by atoms with van der Waals surface area (Å²) in [5.41, 5.74) is 1.34. The zero-order valence-corrected chi connectivity index (χ0v) is 17.2. The molecule has 1 aliphatic carbocycles. The number of aliphatic imine (C=N–C) groups is 1. The van der Waals surface area contributed by atoms with Crippen LogP contribution in [0.3, 0.4) is 0 Å². The van der Waals surface area contributed by atoms with Crippen LogP contribution >= 0.6 is 24.0 Å². The SMILES string of the molecule is CCNC(=NCc1ccccn1)NCC1(CCOC)CCCC1.I. The first-order valence-corrected chi connectivity index (χ1v) is 8.69. The molecule has 5 nitrogen and oxygen atoms in total. The van der Waals surface area contributed by atoms with Crippen LogP contribution in [0.25, 0.3) is 0 Å². The molecule has 1 aromatic heterocycles. The normalized spacial score (nSPS) is 16.5. The van der Waals surface area contributed by atoms with Crippen molar-refractivity contribution in [1.82, 2.24) is 15.6 Å². The lowest BCUT2D eigenvalue weighted by atomic mass is 9.83. The average Bonchev–Trinajstić information content (AvgIpc) is 3.06. The van der Waals surface area contributed by atoms with E-state index in [-0.39, 0.29) is 24.0 Å². The number of ether oxygens (including phenoxy) is 1. The molecular formula is C18H31IN4O. The lowest BCUT2D eigenvalue weighted by Gasteiger charge is -2.30. The van der Waals surface area contributed by atoms with E-state index in [0.717, 1.165) is 37.8 Å². The summed E-state index contributed by atoms with van der Waals surface area (Å²) in [6.45, 7) is 5.35. The van der Waals surface area contributed by atoms with Gasteiger partial charge in [-0.2, -0.15) is 0 Å². The Morgan fingerprint density at radius 1 is 1.29 bits per heavy atom. The number of pyridine rings is 1. The van der Waals surface area contributed by atoms with Crippen molar-refractivity contribution >= 4 is 29.9 Å². The summed E-state index contributed by atoms with van der Waals surface area (Å²) in [4.78, 5) is 8.98. The number of aromatic nitrogens is 1. The van der Waals surface area contributed by atoms with E-state index in [0.29, 0.717) is 12.0 Å². The Balaban J connectivity index is 0.00000288. The molecule has 0 amide bonds. The van der Waals surface area contributed by atoms with Crippen molar-refractivity contribution in [2.75, 3.05) is 26.8 Å². The van der Waals surface area contributed by atoms with Crippen LogP contribution in [0.5, 0.6) is 0 Å². The lowest BCUT2D eigenvalue weighted by molar-refractivity contribution is 0.138. The summed E-state index contributed by atoms with van der Waals surface area (Å²) in [6.07, 6.45) is 8.14. The van der Waals surface area contributed by atoms with Crippen LogP contribution in [-0.4, -0.2) is 37.7 Å². The molecule has 0 aliphatic heterocycles. The Labute approximate surface area is 163 Å². The van der Waals surface area contributed by atoms with Crippen molar-refractivity contribution in [2.24, 2.45) is 10.4 Å². The fraction of sp³-hybridized carbons (Fsp3) is 0.667. The number of nitrogens with zero attached hydrogens (tertiary/aromatic N) is 2. The van der Waals surface area contributed by atoms with Crippen molar-refractivity contribution in [3.05, 3.63) is 30.1 Å². The van der Waals surface area contributed by atoms with E-state index in [1.165, 1.54) is 25.7 Å². The monoisotopic (exact) mass is 446 g/mol. The highest BCUT2D eigenvalue weighted by Gasteiger charge is 2.33. The molecule has 1 aromatic rings. The number of hydrogen-bond donors (Lipinski definition) is 2. The van der Waals surface area contributed by atoms with Crippen LogP contribution < -0.4 is 10.6 Å². The van der Waals surface area contributed by atoms with Gasteiger partial charge in [-0.1, -0.05) is 18.9 Å². The van der Waals surface area contributed by atoms with Gasteiger partial charge in [0.2, 0.25) is 0 Å². The van der Waals surface area contributed by atoms with Gasteiger partial charge >= 0.3 is 0 Å². The summed E-state index contributed by atoms with van der Waals surface area (Å²) in [5.74, 6) is 0.877. The predicted octanol–water partition coefficient (Wildman–Crippen LogP) is 3.35. The fourth-order valence-corrected chi connectivity index (χ4v) is 3.22. The second-order valence-electron chi connectivity index (χ2n) is 6.32. The van der Waals surface area contributed by atoms with Crippen LogP contribution in [0.2, 0.25) is 0 Å². The van der Waals surface area contributed by atoms with Gasteiger partial charge in [-0.25, -0.2) is 4.99 Å².